The summed E-state index contributed by atoms with van der Waals surface area (Å²) < 4.78 is 8.95. The number of ether oxygens (including phenoxy) is 2. The van der Waals surface area contributed by atoms with Crippen molar-refractivity contribution >= 4 is 11.9 Å². The van der Waals surface area contributed by atoms with E-state index in [9.17, 15) is 9.59 Å². The zero-order chi connectivity index (χ0) is 11.7. The van der Waals surface area contributed by atoms with Crippen LogP contribution in [0.4, 0.5) is 0 Å². The van der Waals surface area contributed by atoms with Crippen LogP contribution in [-0.2, 0) is 19.1 Å². The summed E-state index contributed by atoms with van der Waals surface area (Å²) in [5, 5.41) is 9.04. The van der Waals surface area contributed by atoms with Gasteiger partial charge >= 0.3 is 11.9 Å². The third-order valence-electron chi connectivity index (χ3n) is 1.14. The average Bonchev–Trinajstić information content (AvgIpc) is 2.22. The molecule has 0 rings (SSSR count). The molecular formula is C10H12O5. The number of hydrogen-bond donors (Lipinski definition) is 1. The Balaban J connectivity index is 4.15. The maximum absolute atomic E-state index is 10.9. The van der Waals surface area contributed by atoms with Crippen LogP contribution in [0.5, 0.6) is 0 Å². The first-order chi connectivity index (χ1) is 7.11. The number of carbonyl (C=O) groups excluding carboxylic acids is 2. The monoisotopic (exact) mass is 212 g/mol. The van der Waals surface area contributed by atoms with Crippen molar-refractivity contribution < 1.29 is 24.2 Å². The molecule has 0 atom stereocenters. The fourth-order valence-electron chi connectivity index (χ4n) is 0.562. The van der Waals surface area contributed by atoms with E-state index in [2.05, 4.69) is 22.6 Å². The van der Waals surface area contributed by atoms with Crippen molar-refractivity contribution in [2.45, 2.75) is 0 Å². The molecule has 1 N–H and O–H groups in total. The van der Waals surface area contributed by atoms with E-state index >= 15 is 0 Å². The quantitative estimate of drug-likeness (QED) is 0.306. The van der Waals surface area contributed by atoms with Gasteiger partial charge in [-0.05, 0) is 0 Å². The van der Waals surface area contributed by atoms with Gasteiger partial charge in [-0.3, -0.25) is 0 Å². The second-order valence-electron chi connectivity index (χ2n) is 2.34. The van der Waals surface area contributed by atoms with E-state index in [0.29, 0.717) is 6.08 Å². The van der Waals surface area contributed by atoms with Crippen molar-refractivity contribution in [3.8, 4) is 0 Å². The fraction of sp³-hybridized carbons (Fsp3) is 0.200. The maximum atomic E-state index is 10.9. The number of carbonyl (C=O) groups is 2. The maximum Gasteiger partial charge on any atom is 0.373 e. The third kappa shape index (κ3) is 6.09. The van der Waals surface area contributed by atoms with Crippen molar-refractivity contribution in [2.75, 3.05) is 13.2 Å². The smallest absolute Gasteiger partial charge is 0.373 e. The predicted molar refractivity (Wildman–Crippen MR) is 53.0 cm³/mol. The molecule has 15 heavy (non-hydrogen) atoms. The minimum absolute atomic E-state index is 0.00428. The first-order valence-corrected chi connectivity index (χ1v) is 4.08. The molecule has 0 radical (unpaired) electrons. The molecule has 0 spiro atoms. The molecule has 0 aliphatic rings. The van der Waals surface area contributed by atoms with Crippen LogP contribution >= 0.6 is 0 Å². The average molecular weight is 212 g/mol. The molecule has 0 aliphatic carbocycles. The van der Waals surface area contributed by atoms with Crippen molar-refractivity contribution in [1.82, 2.24) is 0 Å². The Morgan fingerprint density at radius 2 is 1.67 bits per heavy atom. The van der Waals surface area contributed by atoms with Crippen LogP contribution < -0.4 is 0 Å². The van der Waals surface area contributed by atoms with E-state index in [-0.39, 0.29) is 13.2 Å². The summed E-state index contributed by atoms with van der Waals surface area (Å²) in [6.07, 6.45) is 3.33. The Morgan fingerprint density at radius 3 is 2.20 bits per heavy atom. The Hall–Kier alpha value is -2.04. The lowest BCUT2D eigenvalue weighted by Gasteiger charge is -2.00. The van der Waals surface area contributed by atoms with E-state index in [4.69, 9.17) is 5.11 Å². The lowest BCUT2D eigenvalue weighted by molar-refractivity contribution is -0.142. The van der Waals surface area contributed by atoms with Crippen LogP contribution in [0.25, 0.3) is 0 Å². The standard InChI is InChI=1S/C10H12O5/c1-3-5-14-9(12)7-8(11)10(13)15-6-4-2/h3-4,7,11H,1-2,5-6H2/b8-7-. The Morgan fingerprint density at radius 1 is 1.13 bits per heavy atom. The van der Waals surface area contributed by atoms with E-state index in [1.807, 2.05) is 0 Å². The number of rotatable bonds is 6. The molecule has 0 aromatic heterocycles. The van der Waals surface area contributed by atoms with E-state index < -0.39 is 17.7 Å². The van der Waals surface area contributed by atoms with E-state index in [1.54, 1.807) is 0 Å². The fourth-order valence-corrected chi connectivity index (χ4v) is 0.562. The van der Waals surface area contributed by atoms with Crippen LogP contribution in [0.2, 0.25) is 0 Å². The lowest BCUT2D eigenvalue weighted by atomic mass is 10.4. The van der Waals surface area contributed by atoms with E-state index in [0.717, 1.165) is 0 Å². The summed E-state index contributed by atoms with van der Waals surface area (Å²) in [6, 6.07) is 0. The first kappa shape index (κ1) is 13.0. The van der Waals surface area contributed by atoms with Gasteiger partial charge in [-0.2, -0.15) is 0 Å². The molecule has 0 aromatic rings. The summed E-state index contributed by atoms with van der Waals surface area (Å²) in [7, 11) is 0. The molecule has 0 saturated heterocycles. The largest absolute Gasteiger partial charge is 0.502 e. The summed E-state index contributed by atoms with van der Waals surface area (Å²) in [5.74, 6) is -2.67. The van der Waals surface area contributed by atoms with Gasteiger partial charge in [0.15, 0.2) is 0 Å². The third-order valence-corrected chi connectivity index (χ3v) is 1.14. The van der Waals surface area contributed by atoms with Crippen LogP contribution in [0.3, 0.4) is 0 Å². The second-order valence-corrected chi connectivity index (χ2v) is 2.34. The highest BCUT2D eigenvalue weighted by molar-refractivity contribution is 5.94. The Kier molecular flexibility index (Phi) is 6.37. The van der Waals surface area contributed by atoms with Crippen molar-refractivity contribution in [3.63, 3.8) is 0 Å². The van der Waals surface area contributed by atoms with Crippen molar-refractivity contribution in [1.29, 1.82) is 0 Å². The summed E-state index contributed by atoms with van der Waals surface area (Å²) in [4.78, 5) is 21.8. The topological polar surface area (TPSA) is 72.8 Å². The summed E-state index contributed by atoms with van der Waals surface area (Å²) in [5.41, 5.74) is 0. The van der Waals surface area contributed by atoms with Crippen molar-refractivity contribution in [2.24, 2.45) is 0 Å². The zero-order valence-corrected chi connectivity index (χ0v) is 8.14. The Bertz CT molecular complexity index is 290. The molecule has 0 bridgehead atoms. The molecule has 5 nitrogen and oxygen atoms in total. The zero-order valence-electron chi connectivity index (χ0n) is 8.14. The van der Waals surface area contributed by atoms with Gasteiger partial charge in [-0.25, -0.2) is 9.59 Å². The molecule has 0 aliphatic heterocycles. The predicted octanol–water partition coefficient (Wildman–Crippen LogP) is 0.887. The van der Waals surface area contributed by atoms with Gasteiger partial charge in [0.25, 0.3) is 0 Å². The highest BCUT2D eigenvalue weighted by Crippen LogP contribution is 1.95. The Labute approximate surface area is 87.3 Å². The minimum Gasteiger partial charge on any atom is -0.502 e. The highest BCUT2D eigenvalue weighted by Gasteiger charge is 2.10. The van der Waals surface area contributed by atoms with Crippen molar-refractivity contribution in [3.05, 3.63) is 37.1 Å². The van der Waals surface area contributed by atoms with Crippen LogP contribution in [0.15, 0.2) is 37.1 Å². The molecule has 5 heteroatoms. The molecule has 0 fully saturated rings. The van der Waals surface area contributed by atoms with E-state index in [1.165, 1.54) is 12.2 Å². The van der Waals surface area contributed by atoms with Gasteiger partial charge in [-0.15, -0.1) is 0 Å². The van der Waals surface area contributed by atoms with Gasteiger partial charge in [-0.1, -0.05) is 25.3 Å². The second kappa shape index (κ2) is 7.37. The number of aliphatic hydroxyl groups is 1. The first-order valence-electron chi connectivity index (χ1n) is 4.08. The normalized spacial score (nSPS) is 10.3. The number of aliphatic hydroxyl groups excluding tert-OH is 1. The highest BCUT2D eigenvalue weighted by atomic mass is 16.5. The number of hydrogen-bond acceptors (Lipinski definition) is 5. The molecule has 0 aromatic carbocycles. The molecular weight excluding hydrogens is 200 g/mol. The minimum atomic E-state index is -1.01. The van der Waals surface area contributed by atoms with Gasteiger partial charge in [0.2, 0.25) is 5.76 Å². The lowest BCUT2D eigenvalue weighted by Crippen LogP contribution is -2.10. The summed E-state index contributed by atoms with van der Waals surface area (Å²) in [6.45, 7) is 6.60. The SMILES string of the molecule is C=CCOC(=O)/C=C(\O)C(=O)OCC=C. The van der Waals surface area contributed by atoms with Gasteiger partial charge in [0.05, 0.1) is 6.08 Å². The van der Waals surface area contributed by atoms with Gasteiger partial charge in [0.1, 0.15) is 13.2 Å². The summed E-state index contributed by atoms with van der Waals surface area (Å²) >= 11 is 0. The molecule has 0 unspecified atom stereocenters. The van der Waals surface area contributed by atoms with Crippen LogP contribution in [-0.4, -0.2) is 30.3 Å². The van der Waals surface area contributed by atoms with Crippen LogP contribution in [0, 0.1) is 0 Å². The van der Waals surface area contributed by atoms with Gasteiger partial charge < -0.3 is 14.6 Å². The van der Waals surface area contributed by atoms with Gasteiger partial charge in [0, 0.05) is 0 Å². The van der Waals surface area contributed by atoms with Crippen LogP contribution in [0.1, 0.15) is 0 Å². The molecule has 0 amide bonds. The molecule has 0 heterocycles. The molecule has 82 valence electrons. The molecule has 0 saturated carbocycles. The number of esters is 2.